The Hall–Kier alpha value is -0.318. The van der Waals surface area contributed by atoms with E-state index >= 15 is 0 Å². The van der Waals surface area contributed by atoms with E-state index in [-0.39, 0.29) is 0 Å². The summed E-state index contributed by atoms with van der Waals surface area (Å²) in [5, 5.41) is 0.828. The molecule has 0 fully saturated rings. The van der Waals surface area contributed by atoms with Crippen molar-refractivity contribution in [3.8, 4) is 0 Å². The molecule has 1 rings (SSSR count). The van der Waals surface area contributed by atoms with E-state index in [2.05, 4.69) is 12.1 Å². The van der Waals surface area contributed by atoms with E-state index in [1.165, 1.54) is 5.56 Å². The highest BCUT2D eigenvalue weighted by Crippen LogP contribution is 2.03. The Morgan fingerprint density at radius 2 is 1.91 bits per heavy atom. The summed E-state index contributed by atoms with van der Waals surface area (Å²) in [5.74, 6) is 0. The average Bonchev–Trinajstić information content (AvgIpc) is 2.07. The second-order valence-electron chi connectivity index (χ2n) is 2.63. The Kier molecular flexibility index (Phi) is 4.27. The standard InChI is InChI=1S/C9H11.Al.FH.H/c1-2-6-9-7-4-3-5-8-9;;;/h3-5,7-8H,1-2,6H2;;1H;/q;+1;;/p-1. The lowest BCUT2D eigenvalue weighted by Gasteiger charge is -1.96. The Labute approximate surface area is 73.6 Å². The summed E-state index contributed by atoms with van der Waals surface area (Å²) in [7, 11) is 0. The van der Waals surface area contributed by atoms with Crippen LogP contribution in [0.4, 0.5) is 3.52 Å². The SMILES string of the molecule is [F][AlH][CH2]CCc1ccccc1. The van der Waals surface area contributed by atoms with Crippen LogP contribution >= 0.6 is 0 Å². The largest absolute Gasteiger partial charge is 0.494 e. The molecule has 0 heterocycles. The highest BCUT2D eigenvalue weighted by molar-refractivity contribution is 6.25. The van der Waals surface area contributed by atoms with E-state index in [9.17, 15) is 3.52 Å². The predicted octanol–water partition coefficient (Wildman–Crippen LogP) is 2.36. The molecule has 0 aliphatic heterocycles. The van der Waals surface area contributed by atoms with Crippen molar-refractivity contribution in [1.82, 2.24) is 0 Å². The van der Waals surface area contributed by atoms with E-state index < -0.39 is 15.7 Å². The zero-order chi connectivity index (χ0) is 7.94. The van der Waals surface area contributed by atoms with Gasteiger partial charge in [-0.15, -0.1) is 0 Å². The van der Waals surface area contributed by atoms with Crippen LogP contribution in [0.15, 0.2) is 30.3 Å². The van der Waals surface area contributed by atoms with Gasteiger partial charge < -0.3 is 3.52 Å². The number of hydrogen-bond acceptors (Lipinski definition) is 0. The number of rotatable bonds is 4. The van der Waals surface area contributed by atoms with Crippen LogP contribution in [0, 0.1) is 0 Å². The predicted molar refractivity (Wildman–Crippen MR) is 47.8 cm³/mol. The molecule has 0 aliphatic carbocycles. The summed E-state index contributed by atoms with van der Waals surface area (Å²) in [6.07, 6.45) is 2.06. The maximum atomic E-state index is 11.8. The van der Waals surface area contributed by atoms with Gasteiger partial charge in [0.1, 0.15) is 0 Å². The van der Waals surface area contributed by atoms with Crippen molar-refractivity contribution in [2.75, 3.05) is 0 Å². The minimum atomic E-state index is -1.20. The summed E-state index contributed by atoms with van der Waals surface area (Å²) in [5.41, 5.74) is 1.33. The Balaban J connectivity index is 2.28. The van der Waals surface area contributed by atoms with Crippen molar-refractivity contribution in [3.05, 3.63) is 35.9 Å². The summed E-state index contributed by atoms with van der Waals surface area (Å²) in [4.78, 5) is 0. The minimum absolute atomic E-state index is 0.828. The number of hydrogen-bond donors (Lipinski definition) is 0. The Morgan fingerprint density at radius 1 is 1.18 bits per heavy atom. The molecule has 0 bridgehead atoms. The molecule has 0 spiro atoms. The first-order valence-electron chi connectivity index (χ1n) is 4.03. The van der Waals surface area contributed by atoms with Gasteiger partial charge in [-0.25, -0.2) is 0 Å². The van der Waals surface area contributed by atoms with Crippen molar-refractivity contribution >= 4 is 15.7 Å². The zero-order valence-corrected chi connectivity index (χ0v) is 8.01. The Morgan fingerprint density at radius 3 is 2.55 bits per heavy atom. The molecule has 0 aromatic heterocycles. The van der Waals surface area contributed by atoms with Crippen LogP contribution in [0.25, 0.3) is 0 Å². The fourth-order valence-corrected chi connectivity index (χ4v) is 1.51. The molecule has 0 nitrogen and oxygen atoms in total. The summed E-state index contributed by atoms with van der Waals surface area (Å²) in [6, 6.07) is 10.3. The second-order valence-corrected chi connectivity index (χ2v) is 3.72. The van der Waals surface area contributed by atoms with Gasteiger partial charge >= 0.3 is 15.7 Å². The van der Waals surface area contributed by atoms with Crippen LogP contribution < -0.4 is 0 Å². The zero-order valence-electron chi connectivity index (χ0n) is 6.59. The number of halogens is 1. The third kappa shape index (κ3) is 3.55. The van der Waals surface area contributed by atoms with Crippen molar-refractivity contribution < 1.29 is 3.52 Å². The van der Waals surface area contributed by atoms with E-state index in [4.69, 9.17) is 0 Å². The minimum Gasteiger partial charge on any atom is -0.424 e. The third-order valence-electron chi connectivity index (χ3n) is 1.69. The van der Waals surface area contributed by atoms with E-state index in [1.54, 1.807) is 0 Å². The topological polar surface area (TPSA) is 0 Å². The lowest BCUT2D eigenvalue weighted by Crippen LogP contribution is -1.86. The fraction of sp³-hybridized carbons (Fsp3) is 0.333. The molecule has 0 N–H and O–H groups in total. The van der Waals surface area contributed by atoms with Crippen LogP contribution in [0.2, 0.25) is 5.28 Å². The molecule has 2 heteroatoms. The van der Waals surface area contributed by atoms with Crippen molar-refractivity contribution in [3.63, 3.8) is 0 Å². The van der Waals surface area contributed by atoms with Crippen LogP contribution in [-0.2, 0) is 6.42 Å². The lowest BCUT2D eigenvalue weighted by atomic mass is 10.1. The Bertz CT molecular complexity index is 186. The molecule has 1 aromatic carbocycles. The molecule has 0 atom stereocenters. The first-order valence-corrected chi connectivity index (χ1v) is 5.57. The number of benzene rings is 1. The monoisotopic (exact) mass is 166 g/mol. The molecule has 0 unspecified atom stereocenters. The average molecular weight is 166 g/mol. The lowest BCUT2D eigenvalue weighted by molar-refractivity contribution is 0.821. The van der Waals surface area contributed by atoms with Gasteiger partial charge in [0, 0.05) is 0 Å². The maximum Gasteiger partial charge on any atom is 0.494 e. The quantitative estimate of drug-likeness (QED) is 0.475. The molecule has 0 aliphatic rings. The smallest absolute Gasteiger partial charge is 0.424 e. The van der Waals surface area contributed by atoms with E-state index in [0.717, 1.165) is 18.1 Å². The molecule has 0 radical (unpaired) electrons. The van der Waals surface area contributed by atoms with Gasteiger partial charge in [0.05, 0.1) is 0 Å². The molecular weight excluding hydrogens is 154 g/mol. The molecule has 1 aromatic rings. The normalized spacial score (nSPS) is 9.55. The van der Waals surface area contributed by atoms with E-state index in [1.807, 2.05) is 18.2 Å². The maximum absolute atomic E-state index is 11.8. The molecule has 58 valence electrons. The molecule has 11 heavy (non-hydrogen) atoms. The molecule has 0 amide bonds. The molecular formula is C9H12AlF. The van der Waals surface area contributed by atoms with Gasteiger partial charge in [0.15, 0.2) is 0 Å². The highest BCUT2D eigenvalue weighted by Gasteiger charge is 1.93. The fourth-order valence-electron chi connectivity index (χ4n) is 1.07. The van der Waals surface area contributed by atoms with Crippen LogP contribution in [0.3, 0.4) is 0 Å². The van der Waals surface area contributed by atoms with Crippen molar-refractivity contribution in [2.24, 2.45) is 0 Å². The van der Waals surface area contributed by atoms with Gasteiger partial charge in [-0.05, 0) is 12.0 Å². The van der Waals surface area contributed by atoms with Crippen molar-refractivity contribution in [2.45, 2.75) is 18.1 Å². The second kappa shape index (κ2) is 5.35. The first kappa shape index (κ1) is 8.78. The third-order valence-corrected chi connectivity index (χ3v) is 2.46. The van der Waals surface area contributed by atoms with Gasteiger partial charge in [0.2, 0.25) is 0 Å². The van der Waals surface area contributed by atoms with E-state index in [0.29, 0.717) is 0 Å². The summed E-state index contributed by atoms with van der Waals surface area (Å²) in [6.45, 7) is 0. The molecule has 0 saturated carbocycles. The van der Waals surface area contributed by atoms with Crippen LogP contribution in [0.1, 0.15) is 12.0 Å². The van der Waals surface area contributed by atoms with Gasteiger partial charge in [-0.1, -0.05) is 42.0 Å². The van der Waals surface area contributed by atoms with Crippen LogP contribution in [0.5, 0.6) is 0 Å². The highest BCUT2D eigenvalue weighted by atomic mass is 27.2. The number of aryl methyl sites for hydroxylation is 1. The van der Waals surface area contributed by atoms with Crippen LogP contribution in [-0.4, -0.2) is 15.7 Å². The molecule has 0 saturated heterocycles. The van der Waals surface area contributed by atoms with Crippen molar-refractivity contribution in [1.29, 1.82) is 0 Å². The van der Waals surface area contributed by atoms with Gasteiger partial charge in [-0.3, -0.25) is 0 Å². The summed E-state index contributed by atoms with van der Waals surface area (Å²) >= 11 is -1.20. The first-order chi connectivity index (χ1) is 5.43. The van der Waals surface area contributed by atoms with Gasteiger partial charge in [0.25, 0.3) is 0 Å². The summed E-state index contributed by atoms with van der Waals surface area (Å²) < 4.78 is 11.8. The van der Waals surface area contributed by atoms with Gasteiger partial charge in [-0.2, -0.15) is 0 Å².